The molecule has 2 aromatic heterocycles. The van der Waals surface area contributed by atoms with Crippen LogP contribution in [0.25, 0.3) is 11.4 Å². The van der Waals surface area contributed by atoms with Crippen LogP contribution in [0.2, 0.25) is 5.02 Å². The Hall–Kier alpha value is -3.63. The molecule has 0 radical (unpaired) electrons. The van der Waals surface area contributed by atoms with Crippen molar-refractivity contribution >= 4 is 11.6 Å². The fourth-order valence-corrected chi connectivity index (χ4v) is 5.61. The Morgan fingerprint density at radius 2 is 1.93 bits per heavy atom. The molecule has 2 aliphatic rings. The standard InChI is InChI=1S/C29H27ClF3N5O2/c1-16-12-18(27-35-28(26(32)33)37-36-27)14-34-23(16)15-38-10-8-17(9-11-38)20-4-3-5-24-25(20)40-29(2,39-24)21-7-6-19(30)13-22(21)31/h3-7,12-14,17,26H,8-11,15H2,1-2H3,(H,35,36,37). The van der Waals surface area contributed by atoms with Crippen LogP contribution in [0.3, 0.4) is 0 Å². The predicted octanol–water partition coefficient (Wildman–Crippen LogP) is 6.93. The van der Waals surface area contributed by atoms with Crippen molar-refractivity contribution < 1.29 is 22.6 Å². The van der Waals surface area contributed by atoms with Crippen LogP contribution in [0.1, 0.15) is 60.3 Å². The van der Waals surface area contributed by atoms with E-state index in [1.807, 2.05) is 25.1 Å². The van der Waals surface area contributed by atoms with Crippen LogP contribution >= 0.6 is 11.6 Å². The molecule has 0 aliphatic carbocycles. The van der Waals surface area contributed by atoms with Crippen molar-refractivity contribution in [3.05, 3.63) is 87.7 Å². The van der Waals surface area contributed by atoms with E-state index in [1.54, 1.807) is 25.3 Å². The van der Waals surface area contributed by atoms with Gasteiger partial charge >= 0.3 is 0 Å². The monoisotopic (exact) mass is 569 g/mol. The predicted molar refractivity (Wildman–Crippen MR) is 143 cm³/mol. The highest BCUT2D eigenvalue weighted by Crippen LogP contribution is 2.49. The Bertz CT molecular complexity index is 1560. The highest BCUT2D eigenvalue weighted by molar-refractivity contribution is 6.30. The summed E-state index contributed by atoms with van der Waals surface area (Å²) in [6.07, 6.45) is 0.759. The van der Waals surface area contributed by atoms with Crippen LogP contribution in [0, 0.1) is 12.7 Å². The first-order valence-electron chi connectivity index (χ1n) is 13.1. The number of alkyl halides is 2. The van der Waals surface area contributed by atoms with E-state index in [2.05, 4.69) is 31.1 Å². The summed E-state index contributed by atoms with van der Waals surface area (Å²) in [5, 5.41) is 7.62. The molecule has 1 atom stereocenters. The molecule has 11 heteroatoms. The van der Waals surface area contributed by atoms with Crippen molar-refractivity contribution in [1.82, 2.24) is 25.1 Å². The Morgan fingerprint density at radius 1 is 1.12 bits per heavy atom. The molecule has 208 valence electrons. The fraction of sp³-hybridized carbons (Fsp3) is 0.345. The third-order valence-corrected chi connectivity index (χ3v) is 7.84. The molecule has 40 heavy (non-hydrogen) atoms. The fourth-order valence-electron chi connectivity index (χ4n) is 5.45. The van der Waals surface area contributed by atoms with E-state index >= 15 is 0 Å². The molecule has 1 saturated heterocycles. The Labute approximate surface area is 234 Å². The van der Waals surface area contributed by atoms with Gasteiger partial charge in [0.25, 0.3) is 12.2 Å². The lowest BCUT2D eigenvalue weighted by molar-refractivity contribution is -0.0712. The number of aromatic nitrogens is 4. The second kappa shape index (κ2) is 10.4. The highest BCUT2D eigenvalue weighted by Gasteiger charge is 2.43. The molecule has 0 amide bonds. The Morgan fingerprint density at radius 3 is 2.62 bits per heavy atom. The van der Waals surface area contributed by atoms with E-state index in [1.165, 1.54) is 6.07 Å². The third-order valence-electron chi connectivity index (χ3n) is 7.60. The van der Waals surface area contributed by atoms with Gasteiger partial charge in [0.2, 0.25) is 0 Å². The van der Waals surface area contributed by atoms with Crippen LogP contribution in [0.4, 0.5) is 13.2 Å². The number of aryl methyl sites for hydroxylation is 1. The average molecular weight is 570 g/mol. The molecule has 2 aromatic carbocycles. The van der Waals surface area contributed by atoms with E-state index in [-0.39, 0.29) is 11.7 Å². The number of benzene rings is 2. The van der Waals surface area contributed by atoms with E-state index in [0.29, 0.717) is 34.2 Å². The number of piperidine rings is 1. The zero-order valence-corrected chi connectivity index (χ0v) is 22.7. The van der Waals surface area contributed by atoms with Gasteiger partial charge < -0.3 is 14.5 Å². The second-order valence-electron chi connectivity index (χ2n) is 10.3. The molecule has 0 bridgehead atoms. The van der Waals surface area contributed by atoms with Gasteiger partial charge in [-0.2, -0.15) is 0 Å². The van der Waals surface area contributed by atoms with Gasteiger partial charge in [-0.15, -0.1) is 10.2 Å². The number of ether oxygens (including phenoxy) is 2. The molecule has 4 heterocycles. The number of hydrogen-bond acceptors (Lipinski definition) is 6. The van der Waals surface area contributed by atoms with Gasteiger partial charge in [0.1, 0.15) is 5.82 Å². The van der Waals surface area contributed by atoms with Crippen LogP contribution in [0.15, 0.2) is 48.7 Å². The summed E-state index contributed by atoms with van der Waals surface area (Å²) in [7, 11) is 0. The maximum atomic E-state index is 14.7. The molecular weight excluding hydrogens is 543 g/mol. The molecule has 7 nitrogen and oxygen atoms in total. The van der Waals surface area contributed by atoms with Crippen LogP contribution in [0.5, 0.6) is 11.5 Å². The van der Waals surface area contributed by atoms with E-state index in [0.717, 1.165) is 42.8 Å². The topological polar surface area (TPSA) is 76.2 Å². The van der Waals surface area contributed by atoms with Gasteiger partial charge in [0, 0.05) is 35.8 Å². The number of rotatable bonds is 6. The SMILES string of the molecule is Cc1cc(-c2nnc(C(F)F)[nH]2)cnc1CN1CCC(c2cccc3c2OC(C)(c2ccc(Cl)cc2F)O3)CC1. The summed E-state index contributed by atoms with van der Waals surface area (Å²) in [5.41, 5.74) is 3.85. The number of para-hydroxylation sites is 1. The normalized spacial score (nSPS) is 19.5. The number of likely N-dealkylation sites (tertiary alicyclic amines) is 1. The molecule has 0 spiro atoms. The summed E-state index contributed by atoms with van der Waals surface area (Å²) >= 11 is 5.94. The third kappa shape index (κ3) is 5.01. The molecule has 6 rings (SSSR count). The molecular formula is C29H27ClF3N5O2. The van der Waals surface area contributed by atoms with E-state index in [4.69, 9.17) is 21.1 Å². The van der Waals surface area contributed by atoms with Crippen LogP contribution in [-0.4, -0.2) is 38.2 Å². The molecule has 1 fully saturated rings. The van der Waals surface area contributed by atoms with Gasteiger partial charge in [-0.05, 0) is 74.7 Å². The summed E-state index contributed by atoms with van der Waals surface area (Å²) in [5.74, 6) is -0.419. The summed E-state index contributed by atoms with van der Waals surface area (Å²) in [6, 6.07) is 12.2. The van der Waals surface area contributed by atoms with Crippen molar-refractivity contribution in [3.8, 4) is 22.9 Å². The minimum absolute atomic E-state index is 0.263. The zero-order valence-electron chi connectivity index (χ0n) is 21.9. The summed E-state index contributed by atoms with van der Waals surface area (Å²) in [6.45, 7) is 6.07. The van der Waals surface area contributed by atoms with Gasteiger partial charge in [0.15, 0.2) is 23.1 Å². The lowest BCUT2D eigenvalue weighted by Crippen LogP contribution is -2.34. The molecule has 4 aromatic rings. The first-order chi connectivity index (χ1) is 19.2. The maximum absolute atomic E-state index is 14.7. The number of nitrogens with zero attached hydrogens (tertiary/aromatic N) is 4. The lowest BCUT2D eigenvalue weighted by Gasteiger charge is -2.32. The number of H-pyrrole nitrogens is 1. The maximum Gasteiger partial charge on any atom is 0.297 e. The van der Waals surface area contributed by atoms with Crippen molar-refractivity contribution in [1.29, 1.82) is 0 Å². The number of nitrogens with one attached hydrogen (secondary N) is 1. The van der Waals surface area contributed by atoms with Crippen molar-refractivity contribution in [2.45, 2.75) is 51.4 Å². The second-order valence-corrected chi connectivity index (χ2v) is 10.8. The molecule has 1 unspecified atom stereocenters. The smallest absolute Gasteiger partial charge is 0.297 e. The quantitative estimate of drug-likeness (QED) is 0.271. The van der Waals surface area contributed by atoms with Crippen molar-refractivity contribution in [3.63, 3.8) is 0 Å². The van der Waals surface area contributed by atoms with Crippen LogP contribution in [-0.2, 0) is 12.3 Å². The molecule has 1 N–H and O–H groups in total. The van der Waals surface area contributed by atoms with Crippen LogP contribution < -0.4 is 9.47 Å². The first kappa shape index (κ1) is 26.6. The number of fused-ring (bicyclic) bond motifs is 1. The number of aromatic amines is 1. The summed E-state index contributed by atoms with van der Waals surface area (Å²) in [4.78, 5) is 9.49. The molecule has 0 saturated carbocycles. The van der Waals surface area contributed by atoms with E-state index in [9.17, 15) is 13.2 Å². The Balaban J connectivity index is 1.12. The minimum Gasteiger partial charge on any atom is -0.444 e. The zero-order chi connectivity index (χ0) is 28.0. The largest absolute Gasteiger partial charge is 0.444 e. The number of halogens is 4. The van der Waals surface area contributed by atoms with Gasteiger partial charge in [-0.1, -0.05) is 23.7 Å². The Kier molecular flexibility index (Phi) is 6.92. The van der Waals surface area contributed by atoms with Gasteiger partial charge in [0.05, 0.1) is 11.3 Å². The van der Waals surface area contributed by atoms with Crippen molar-refractivity contribution in [2.24, 2.45) is 0 Å². The highest BCUT2D eigenvalue weighted by atomic mass is 35.5. The number of hydrogen-bond donors (Lipinski definition) is 1. The minimum atomic E-state index is -2.70. The van der Waals surface area contributed by atoms with Crippen molar-refractivity contribution in [2.75, 3.05) is 13.1 Å². The first-order valence-corrected chi connectivity index (χ1v) is 13.4. The van der Waals surface area contributed by atoms with Gasteiger partial charge in [-0.25, -0.2) is 13.2 Å². The van der Waals surface area contributed by atoms with Gasteiger partial charge in [-0.3, -0.25) is 9.88 Å². The average Bonchev–Trinajstić information content (AvgIpc) is 3.55. The summed E-state index contributed by atoms with van der Waals surface area (Å²) < 4.78 is 52.8. The van der Waals surface area contributed by atoms with E-state index < -0.39 is 23.9 Å². The number of pyridine rings is 1. The lowest BCUT2D eigenvalue weighted by atomic mass is 9.88. The molecule has 2 aliphatic heterocycles.